The topological polar surface area (TPSA) is 46.2 Å². The Morgan fingerprint density at radius 2 is 1.85 bits per heavy atom. The van der Waals surface area contributed by atoms with E-state index in [1.165, 1.54) is 6.42 Å². The normalized spacial score (nSPS) is 24.9. The van der Waals surface area contributed by atoms with Gasteiger partial charge >= 0.3 is 0 Å². The van der Waals surface area contributed by atoms with Crippen LogP contribution in [0.25, 0.3) is 0 Å². The van der Waals surface area contributed by atoms with Crippen LogP contribution in [0, 0.1) is 0 Å². The summed E-state index contributed by atoms with van der Waals surface area (Å²) in [5.74, 6) is 0. The fourth-order valence-corrected chi connectivity index (χ4v) is 5.32. The summed E-state index contributed by atoms with van der Waals surface area (Å²) in [4.78, 5) is 0.343. The number of hydrogen-bond donors (Lipinski definition) is 1. The van der Waals surface area contributed by atoms with Crippen LogP contribution in [0.3, 0.4) is 0 Å². The first-order chi connectivity index (χ1) is 9.55. The van der Waals surface area contributed by atoms with E-state index in [4.69, 9.17) is 11.6 Å². The van der Waals surface area contributed by atoms with E-state index in [-0.39, 0.29) is 11.3 Å². The molecule has 0 bridgehead atoms. The van der Waals surface area contributed by atoms with E-state index in [1.807, 2.05) is 7.05 Å². The molecule has 1 aliphatic carbocycles. The molecule has 1 N–H and O–H groups in total. The summed E-state index contributed by atoms with van der Waals surface area (Å²) in [6.45, 7) is 0. The lowest BCUT2D eigenvalue weighted by molar-refractivity contribution is 0.405. The van der Waals surface area contributed by atoms with E-state index in [0.717, 1.165) is 32.1 Å². The molecule has 2 unspecified atom stereocenters. The van der Waals surface area contributed by atoms with Gasteiger partial charge in [-0.3, -0.25) is 0 Å². The molecule has 0 aromatic heterocycles. The van der Waals surface area contributed by atoms with Gasteiger partial charge in [0.25, 0.3) is 0 Å². The highest BCUT2D eigenvalue weighted by Gasteiger charge is 2.34. The lowest BCUT2D eigenvalue weighted by Gasteiger charge is -2.29. The molecule has 2 rings (SSSR count). The summed E-state index contributed by atoms with van der Waals surface area (Å²) in [6, 6.07) is 6.63. The number of sulfone groups is 1. The first-order valence-electron chi connectivity index (χ1n) is 7.22. The van der Waals surface area contributed by atoms with Crippen molar-refractivity contribution in [2.45, 2.75) is 54.7 Å². The molecular formula is C15H22ClNO2S. The van der Waals surface area contributed by atoms with Gasteiger partial charge in [-0.25, -0.2) is 8.42 Å². The van der Waals surface area contributed by atoms with Gasteiger partial charge in [0.2, 0.25) is 0 Å². The molecule has 1 saturated carbocycles. The van der Waals surface area contributed by atoms with Crippen molar-refractivity contribution >= 4 is 21.4 Å². The number of hydrogen-bond acceptors (Lipinski definition) is 3. The molecule has 20 heavy (non-hydrogen) atoms. The standard InChI is InChI=1S/C15H22ClNO2S/c1-17-14-9-4-2-3-5-10-15(14)20(18,19)13-8-6-7-12(16)11-13/h6-8,11,14-15,17H,2-5,9-10H2,1H3. The molecule has 0 heterocycles. The zero-order valence-corrected chi connectivity index (χ0v) is 13.4. The Morgan fingerprint density at radius 1 is 1.15 bits per heavy atom. The summed E-state index contributed by atoms with van der Waals surface area (Å²) >= 11 is 5.94. The van der Waals surface area contributed by atoms with E-state index < -0.39 is 9.84 Å². The number of rotatable bonds is 3. The van der Waals surface area contributed by atoms with Crippen LogP contribution < -0.4 is 5.32 Å². The highest BCUT2D eigenvalue weighted by Crippen LogP contribution is 2.28. The molecule has 3 nitrogen and oxygen atoms in total. The summed E-state index contributed by atoms with van der Waals surface area (Å²) < 4.78 is 25.8. The minimum atomic E-state index is -3.33. The third kappa shape index (κ3) is 3.54. The van der Waals surface area contributed by atoms with E-state index in [1.54, 1.807) is 24.3 Å². The quantitative estimate of drug-likeness (QED) is 0.929. The van der Waals surface area contributed by atoms with Gasteiger partial charge in [-0.1, -0.05) is 43.4 Å². The summed E-state index contributed by atoms with van der Waals surface area (Å²) in [6.07, 6.45) is 6.02. The van der Waals surface area contributed by atoms with E-state index in [0.29, 0.717) is 9.92 Å². The number of nitrogens with one attached hydrogen (secondary N) is 1. The lowest BCUT2D eigenvalue weighted by Crippen LogP contribution is -2.43. The third-order valence-electron chi connectivity index (χ3n) is 4.10. The van der Waals surface area contributed by atoms with Crippen LogP contribution in [-0.2, 0) is 9.84 Å². The Bertz CT molecular complexity index is 545. The Hall–Kier alpha value is -0.580. The second-order valence-electron chi connectivity index (χ2n) is 5.43. The molecule has 0 spiro atoms. The smallest absolute Gasteiger partial charge is 0.182 e. The average Bonchev–Trinajstić information content (AvgIpc) is 2.38. The predicted molar refractivity (Wildman–Crippen MR) is 83.0 cm³/mol. The number of halogens is 1. The molecule has 1 aromatic carbocycles. The maximum absolute atomic E-state index is 12.9. The number of benzene rings is 1. The van der Waals surface area contributed by atoms with Crippen molar-refractivity contribution in [1.29, 1.82) is 0 Å². The molecule has 2 atom stereocenters. The van der Waals surface area contributed by atoms with Crippen molar-refractivity contribution in [1.82, 2.24) is 5.32 Å². The van der Waals surface area contributed by atoms with Crippen LogP contribution in [-0.4, -0.2) is 26.8 Å². The minimum absolute atomic E-state index is 0.0271. The maximum atomic E-state index is 12.9. The molecule has 5 heteroatoms. The van der Waals surface area contributed by atoms with Gasteiger partial charge in [-0.2, -0.15) is 0 Å². The predicted octanol–water partition coefficient (Wildman–Crippen LogP) is 3.42. The Labute approximate surface area is 126 Å². The second-order valence-corrected chi connectivity index (χ2v) is 8.03. The van der Waals surface area contributed by atoms with Gasteiger partial charge < -0.3 is 5.32 Å². The third-order valence-corrected chi connectivity index (χ3v) is 6.60. The molecule has 0 radical (unpaired) electrons. The monoisotopic (exact) mass is 315 g/mol. The van der Waals surface area contributed by atoms with Crippen molar-refractivity contribution in [3.63, 3.8) is 0 Å². The van der Waals surface area contributed by atoms with Gasteiger partial charge in [0, 0.05) is 11.1 Å². The summed E-state index contributed by atoms with van der Waals surface area (Å²) in [5.41, 5.74) is 0. The van der Waals surface area contributed by atoms with Crippen molar-refractivity contribution < 1.29 is 8.42 Å². The molecule has 1 aliphatic rings. The Balaban J connectivity index is 2.33. The van der Waals surface area contributed by atoms with E-state index in [9.17, 15) is 8.42 Å². The largest absolute Gasteiger partial charge is 0.316 e. The highest BCUT2D eigenvalue weighted by molar-refractivity contribution is 7.92. The summed E-state index contributed by atoms with van der Waals surface area (Å²) in [5, 5.41) is 3.32. The van der Waals surface area contributed by atoms with Crippen LogP contribution in [0.1, 0.15) is 38.5 Å². The first kappa shape index (κ1) is 15.8. The van der Waals surface area contributed by atoms with E-state index >= 15 is 0 Å². The molecule has 112 valence electrons. The van der Waals surface area contributed by atoms with Crippen LogP contribution >= 0.6 is 11.6 Å². The van der Waals surface area contributed by atoms with Crippen LogP contribution in [0.2, 0.25) is 5.02 Å². The minimum Gasteiger partial charge on any atom is -0.316 e. The van der Waals surface area contributed by atoms with Gasteiger partial charge in [-0.15, -0.1) is 0 Å². The second kappa shape index (κ2) is 6.92. The summed E-state index contributed by atoms with van der Waals surface area (Å²) in [7, 11) is -1.48. The first-order valence-corrected chi connectivity index (χ1v) is 9.15. The van der Waals surface area contributed by atoms with Gasteiger partial charge in [0.05, 0.1) is 10.1 Å². The maximum Gasteiger partial charge on any atom is 0.182 e. The average molecular weight is 316 g/mol. The van der Waals surface area contributed by atoms with Gasteiger partial charge in [0.15, 0.2) is 9.84 Å². The van der Waals surface area contributed by atoms with Crippen LogP contribution in [0.4, 0.5) is 0 Å². The molecular weight excluding hydrogens is 294 g/mol. The molecule has 0 amide bonds. The molecule has 1 fully saturated rings. The Kier molecular flexibility index (Phi) is 5.47. The Morgan fingerprint density at radius 3 is 2.50 bits per heavy atom. The van der Waals surface area contributed by atoms with Crippen molar-refractivity contribution in [3.8, 4) is 0 Å². The molecule has 1 aromatic rings. The van der Waals surface area contributed by atoms with Crippen molar-refractivity contribution in [2.75, 3.05) is 7.05 Å². The van der Waals surface area contributed by atoms with Gasteiger partial charge in [-0.05, 0) is 38.1 Å². The van der Waals surface area contributed by atoms with Crippen molar-refractivity contribution in [3.05, 3.63) is 29.3 Å². The van der Waals surface area contributed by atoms with E-state index in [2.05, 4.69) is 5.32 Å². The van der Waals surface area contributed by atoms with Crippen LogP contribution in [0.15, 0.2) is 29.2 Å². The van der Waals surface area contributed by atoms with Crippen molar-refractivity contribution in [2.24, 2.45) is 0 Å². The van der Waals surface area contributed by atoms with Gasteiger partial charge in [0.1, 0.15) is 0 Å². The fourth-order valence-electron chi connectivity index (χ4n) is 2.97. The molecule has 0 aliphatic heterocycles. The SMILES string of the molecule is CNC1CCCCCCC1S(=O)(=O)c1cccc(Cl)c1. The van der Waals surface area contributed by atoms with Crippen LogP contribution in [0.5, 0.6) is 0 Å². The fraction of sp³-hybridized carbons (Fsp3) is 0.600. The zero-order valence-electron chi connectivity index (χ0n) is 11.8. The lowest BCUT2D eigenvalue weighted by atomic mass is 9.96. The molecule has 0 saturated heterocycles. The zero-order chi connectivity index (χ0) is 14.6. The highest BCUT2D eigenvalue weighted by atomic mass is 35.5.